The fraction of sp³-hybridized carbons (Fsp3) is 0.167. The lowest BCUT2D eigenvalue weighted by Crippen LogP contribution is -2.23. The highest BCUT2D eigenvalue weighted by atomic mass is 32.9. The number of hydrogen-bond donors (Lipinski definition) is 0. The fourth-order valence-electron chi connectivity index (χ4n) is 1.93. The Morgan fingerprint density at radius 3 is 1.80 bits per heavy atom. The molecule has 3 aromatic rings. The maximum Gasteiger partial charge on any atom is 0.243 e. The van der Waals surface area contributed by atoms with Crippen molar-refractivity contribution in [1.82, 2.24) is 4.57 Å². The van der Waals surface area contributed by atoms with Gasteiger partial charge < -0.3 is 21.3 Å². The predicted octanol–water partition coefficient (Wildman–Crippen LogP) is 4.25. The molecule has 0 saturated carbocycles. The van der Waals surface area contributed by atoms with Gasteiger partial charge in [-0.3, -0.25) is 0 Å². The molecule has 0 aliphatic rings. The van der Waals surface area contributed by atoms with Gasteiger partial charge in [-0.1, -0.05) is 36.4 Å². The lowest BCUT2D eigenvalue weighted by molar-refractivity contribution is -0.671. The zero-order chi connectivity index (χ0) is 18.1. The van der Waals surface area contributed by atoms with E-state index >= 15 is 0 Å². The lowest BCUT2D eigenvalue weighted by atomic mass is 10.3. The van der Waals surface area contributed by atoms with Crippen molar-refractivity contribution in [1.29, 1.82) is 0 Å². The molecular formula is C18H21N2O2PS2. The third-order valence-corrected chi connectivity index (χ3v) is 4.87. The van der Waals surface area contributed by atoms with Gasteiger partial charge in [0.05, 0.1) is 13.6 Å². The largest absolute Gasteiger partial charge is 0.665 e. The van der Waals surface area contributed by atoms with Gasteiger partial charge in [0.25, 0.3) is 0 Å². The van der Waals surface area contributed by atoms with Crippen LogP contribution in [-0.4, -0.2) is 4.57 Å². The van der Waals surface area contributed by atoms with E-state index in [2.05, 4.69) is 24.0 Å². The molecular weight excluding hydrogens is 371 g/mol. The van der Waals surface area contributed by atoms with Crippen LogP contribution in [0.25, 0.3) is 0 Å². The zero-order valence-corrected chi connectivity index (χ0v) is 16.7. The van der Waals surface area contributed by atoms with E-state index in [0.29, 0.717) is 11.5 Å². The average Bonchev–Trinajstić information content (AvgIpc) is 3.02. The summed E-state index contributed by atoms with van der Waals surface area (Å²) in [6.07, 6.45) is 6.14. The highest BCUT2D eigenvalue weighted by Gasteiger charge is 2.05. The van der Waals surface area contributed by atoms with Crippen LogP contribution >= 0.6 is 5.69 Å². The Kier molecular flexibility index (Phi) is 7.56. The van der Waals surface area contributed by atoms with Crippen molar-refractivity contribution < 1.29 is 13.6 Å². The summed E-state index contributed by atoms with van der Waals surface area (Å²) in [5, 5.41) is 0. The Bertz CT molecular complexity index is 765. The van der Waals surface area contributed by atoms with Crippen molar-refractivity contribution in [3.63, 3.8) is 0 Å². The molecule has 1 aromatic heterocycles. The Labute approximate surface area is 159 Å². The quantitative estimate of drug-likeness (QED) is 0.369. The molecule has 3 rings (SSSR count). The molecule has 0 fully saturated rings. The monoisotopic (exact) mass is 392 g/mol. The first-order valence-electron chi connectivity index (χ1n) is 7.80. The van der Waals surface area contributed by atoms with Crippen LogP contribution < -0.4 is 13.6 Å². The van der Waals surface area contributed by atoms with Gasteiger partial charge in [0.2, 0.25) is 6.33 Å². The van der Waals surface area contributed by atoms with Gasteiger partial charge in [0.1, 0.15) is 23.9 Å². The summed E-state index contributed by atoms with van der Waals surface area (Å²) in [6.45, 7) is 3.18. The second-order valence-corrected chi connectivity index (χ2v) is 10.0. The molecule has 0 saturated heterocycles. The fourth-order valence-corrected chi connectivity index (χ4v) is 3.76. The van der Waals surface area contributed by atoms with Gasteiger partial charge in [0, 0.05) is 0 Å². The summed E-state index contributed by atoms with van der Waals surface area (Å²) in [5.74, 6) is 1.28. The smallest absolute Gasteiger partial charge is 0.243 e. The molecule has 1 heterocycles. The minimum Gasteiger partial charge on any atom is -0.665 e. The maximum atomic E-state index is 5.52. The van der Waals surface area contributed by atoms with Crippen LogP contribution in [0.2, 0.25) is 0 Å². The summed E-state index contributed by atoms with van der Waals surface area (Å²) in [5.41, 5.74) is -2.72. The van der Waals surface area contributed by atoms with E-state index in [1.807, 2.05) is 78.5 Å². The summed E-state index contributed by atoms with van der Waals surface area (Å²) >= 11 is 10.4. The lowest BCUT2D eigenvalue weighted by Gasteiger charge is -2.29. The van der Waals surface area contributed by atoms with Gasteiger partial charge in [-0.15, -0.1) is 0 Å². The number of imidazole rings is 1. The van der Waals surface area contributed by atoms with Crippen LogP contribution in [0, 0.1) is 0 Å². The standard InChI is InChI=1S/C12H11O2PS2.C6H11N2/c16-15(17,13-11-7-3-1-4-8-11)14-12-9-5-2-6-10-12;1-3-8-5-4-7(2)6-8/h1-10H,(H,16,17);4-6H,3H2,1-2H3/q;+1/p-1. The van der Waals surface area contributed by atoms with Crippen LogP contribution in [0.1, 0.15) is 6.92 Å². The van der Waals surface area contributed by atoms with Crippen molar-refractivity contribution in [2.45, 2.75) is 13.5 Å². The summed E-state index contributed by atoms with van der Waals surface area (Å²) < 4.78 is 15.2. The molecule has 4 nitrogen and oxygen atoms in total. The number of benzene rings is 2. The van der Waals surface area contributed by atoms with E-state index in [0.717, 1.165) is 6.54 Å². The van der Waals surface area contributed by atoms with Crippen molar-refractivity contribution in [2.75, 3.05) is 0 Å². The summed E-state index contributed by atoms with van der Waals surface area (Å²) in [4.78, 5) is 0. The molecule has 2 aromatic carbocycles. The minimum absolute atomic E-state index is 0.641. The Morgan fingerprint density at radius 1 is 1.00 bits per heavy atom. The maximum absolute atomic E-state index is 5.52. The molecule has 0 aliphatic heterocycles. The van der Waals surface area contributed by atoms with Crippen LogP contribution in [0.15, 0.2) is 79.4 Å². The Morgan fingerprint density at radius 2 is 1.48 bits per heavy atom. The molecule has 0 bridgehead atoms. The normalized spacial score (nSPS) is 10.5. The highest BCUT2D eigenvalue weighted by Crippen LogP contribution is 2.46. The van der Waals surface area contributed by atoms with Crippen molar-refractivity contribution in [3.05, 3.63) is 79.4 Å². The van der Waals surface area contributed by atoms with Crippen LogP contribution in [0.3, 0.4) is 0 Å². The topological polar surface area (TPSA) is 27.3 Å². The van der Waals surface area contributed by atoms with Crippen LogP contribution in [0.4, 0.5) is 0 Å². The molecule has 0 spiro atoms. The van der Waals surface area contributed by atoms with Gasteiger partial charge in [0.15, 0.2) is 5.69 Å². The van der Waals surface area contributed by atoms with E-state index in [1.165, 1.54) is 0 Å². The number of para-hydroxylation sites is 2. The molecule has 7 heteroatoms. The molecule has 132 valence electrons. The molecule has 0 atom stereocenters. The highest BCUT2D eigenvalue weighted by molar-refractivity contribution is 8.51. The van der Waals surface area contributed by atoms with Crippen molar-refractivity contribution in [3.8, 4) is 11.5 Å². The predicted molar refractivity (Wildman–Crippen MR) is 107 cm³/mol. The second-order valence-electron chi connectivity index (χ2n) is 5.17. The van der Waals surface area contributed by atoms with E-state index in [9.17, 15) is 0 Å². The van der Waals surface area contributed by atoms with E-state index in [1.54, 1.807) is 0 Å². The summed E-state index contributed by atoms with van der Waals surface area (Å²) in [7, 11) is 2.02. The van der Waals surface area contributed by atoms with Gasteiger partial charge in [-0.2, -0.15) is 0 Å². The van der Waals surface area contributed by atoms with E-state index in [4.69, 9.17) is 33.1 Å². The molecule has 0 N–H and O–H groups in total. The van der Waals surface area contributed by atoms with Gasteiger partial charge >= 0.3 is 0 Å². The SMILES string of the molecule is CCn1cc[n+](C)c1.S=P([S-])(Oc1ccccc1)Oc1ccccc1. The first-order chi connectivity index (χ1) is 12.0. The Hall–Kier alpha value is -1.75. The molecule has 0 amide bonds. The number of aromatic nitrogens is 2. The molecule has 0 unspecified atom stereocenters. The van der Waals surface area contributed by atoms with Gasteiger partial charge in [-0.25, -0.2) is 9.13 Å². The first kappa shape index (κ1) is 19.6. The molecule has 0 aliphatic carbocycles. The third kappa shape index (κ3) is 7.34. The first-order valence-corrected chi connectivity index (χ1v) is 11.4. The van der Waals surface area contributed by atoms with Crippen molar-refractivity contribution in [2.24, 2.45) is 7.05 Å². The number of rotatable bonds is 5. The zero-order valence-electron chi connectivity index (χ0n) is 14.2. The van der Waals surface area contributed by atoms with E-state index in [-0.39, 0.29) is 0 Å². The second kappa shape index (κ2) is 9.66. The van der Waals surface area contributed by atoms with E-state index < -0.39 is 5.69 Å². The van der Waals surface area contributed by atoms with Crippen LogP contribution in [0.5, 0.6) is 11.5 Å². The Balaban J connectivity index is 0.000000236. The van der Waals surface area contributed by atoms with Crippen LogP contribution in [-0.2, 0) is 37.6 Å². The van der Waals surface area contributed by atoms with Gasteiger partial charge in [-0.05, 0) is 43.0 Å². The number of aryl methyl sites for hydroxylation is 2. The number of nitrogens with zero attached hydrogens (tertiary/aromatic N) is 2. The van der Waals surface area contributed by atoms with Crippen molar-refractivity contribution >= 4 is 29.7 Å². The minimum atomic E-state index is -2.72. The summed E-state index contributed by atoms with van der Waals surface area (Å²) in [6, 6.07) is 18.5. The third-order valence-electron chi connectivity index (χ3n) is 3.11. The average molecular weight is 392 g/mol. The molecule has 25 heavy (non-hydrogen) atoms. The molecule has 0 radical (unpaired) electrons. The number of hydrogen-bond acceptors (Lipinski definition) is 4.